The fourth-order valence-corrected chi connectivity index (χ4v) is 5.57. The van der Waals surface area contributed by atoms with Crippen LogP contribution in [-0.4, -0.2) is 83.1 Å². The first-order chi connectivity index (χ1) is 17.2. The van der Waals surface area contributed by atoms with E-state index in [1.54, 1.807) is 28.9 Å². The van der Waals surface area contributed by atoms with E-state index in [4.69, 9.17) is 21.1 Å². The van der Waals surface area contributed by atoms with Crippen LogP contribution in [-0.2, 0) is 15.0 Å². The van der Waals surface area contributed by atoms with Crippen LogP contribution in [0.1, 0.15) is 41.6 Å². The van der Waals surface area contributed by atoms with Crippen molar-refractivity contribution in [2.75, 3.05) is 44.8 Å². The molecule has 2 N–H and O–H groups in total. The number of hydrogen-bond donors (Lipinski definition) is 2. The average molecular weight is 533 g/mol. The Morgan fingerprint density at radius 3 is 2.64 bits per heavy atom. The summed E-state index contributed by atoms with van der Waals surface area (Å²) in [5, 5.41) is 11.5. The Labute approximate surface area is 217 Å². The Morgan fingerprint density at radius 2 is 1.92 bits per heavy atom. The second kappa shape index (κ2) is 10.1. The molecule has 5 rings (SSSR count). The van der Waals surface area contributed by atoms with Crippen LogP contribution in [0.5, 0.6) is 0 Å². The number of anilines is 1. The molecule has 36 heavy (non-hydrogen) atoms. The number of ether oxygens (including phenoxy) is 2. The number of aromatic nitrogens is 3. The van der Waals surface area contributed by atoms with Crippen LogP contribution in [0.25, 0.3) is 10.3 Å². The summed E-state index contributed by atoms with van der Waals surface area (Å²) in [5.74, 6) is -0.611. The Balaban J connectivity index is 1.40. The van der Waals surface area contributed by atoms with Gasteiger partial charge in [0.25, 0.3) is 11.8 Å². The summed E-state index contributed by atoms with van der Waals surface area (Å²) in [7, 11) is 0. The molecule has 0 saturated carbocycles. The molecule has 1 aromatic carbocycles. The van der Waals surface area contributed by atoms with Crippen molar-refractivity contribution in [2.24, 2.45) is 0 Å². The van der Waals surface area contributed by atoms with E-state index in [-0.39, 0.29) is 29.6 Å². The van der Waals surface area contributed by atoms with Gasteiger partial charge in [0, 0.05) is 23.7 Å². The maximum Gasteiger partial charge on any atom is 0.273 e. The normalized spacial score (nSPS) is 21.1. The number of nitrogens with one attached hydrogen (secondary N) is 2. The van der Waals surface area contributed by atoms with Gasteiger partial charge >= 0.3 is 0 Å². The zero-order chi connectivity index (χ0) is 25.4. The highest BCUT2D eigenvalue weighted by Crippen LogP contribution is 2.33. The first-order valence-electron chi connectivity index (χ1n) is 11.9. The van der Waals surface area contributed by atoms with Crippen LogP contribution in [0.4, 0.5) is 5.13 Å². The largest absolute Gasteiger partial charge is 0.379 e. The van der Waals surface area contributed by atoms with Gasteiger partial charge in [-0.15, -0.1) is 0 Å². The number of carbonyl (C=O) groups excluding carboxylic acids is 2. The molecule has 4 heterocycles. The van der Waals surface area contributed by atoms with Gasteiger partial charge in [0.2, 0.25) is 0 Å². The Hall–Kier alpha value is -2.57. The summed E-state index contributed by atoms with van der Waals surface area (Å²) in [6, 6.07) is 6.63. The first kappa shape index (κ1) is 25.1. The fraction of sp³-hybridized carbons (Fsp3) is 0.500. The minimum Gasteiger partial charge on any atom is -0.379 e. The summed E-state index contributed by atoms with van der Waals surface area (Å²) in [5.41, 5.74) is 0.832. The van der Waals surface area contributed by atoms with Gasteiger partial charge in [0.1, 0.15) is 4.70 Å². The molecule has 2 aromatic heterocycles. The van der Waals surface area contributed by atoms with Crippen LogP contribution < -0.4 is 10.6 Å². The number of fused-ring (bicyclic) bond motifs is 1. The molecule has 0 bridgehead atoms. The molecule has 10 nitrogen and oxygen atoms in total. The highest BCUT2D eigenvalue weighted by molar-refractivity contribution is 7.22. The third-order valence-electron chi connectivity index (χ3n) is 6.26. The lowest BCUT2D eigenvalue weighted by Crippen LogP contribution is -2.54. The minimum absolute atomic E-state index is 0.0899. The van der Waals surface area contributed by atoms with Gasteiger partial charge in [-0.05, 0) is 39.0 Å². The van der Waals surface area contributed by atoms with Gasteiger partial charge in [0.05, 0.1) is 44.1 Å². The molecule has 3 aromatic rings. The summed E-state index contributed by atoms with van der Waals surface area (Å²) in [6.45, 7) is 9.97. The molecule has 0 aliphatic carbocycles. The topological polar surface area (TPSA) is 111 Å². The van der Waals surface area contributed by atoms with Gasteiger partial charge in [-0.2, -0.15) is 10.1 Å². The second-order valence-corrected chi connectivity index (χ2v) is 11.3. The van der Waals surface area contributed by atoms with Gasteiger partial charge in [-0.1, -0.05) is 29.0 Å². The van der Waals surface area contributed by atoms with E-state index in [2.05, 4.69) is 25.6 Å². The van der Waals surface area contributed by atoms with E-state index in [0.717, 1.165) is 13.1 Å². The highest BCUT2D eigenvalue weighted by Gasteiger charge is 2.36. The fourth-order valence-electron chi connectivity index (χ4n) is 4.46. The quantitative estimate of drug-likeness (QED) is 0.519. The van der Waals surface area contributed by atoms with Crippen LogP contribution >= 0.6 is 22.9 Å². The van der Waals surface area contributed by atoms with E-state index in [9.17, 15) is 9.59 Å². The van der Waals surface area contributed by atoms with E-state index >= 15 is 0 Å². The summed E-state index contributed by atoms with van der Waals surface area (Å²) in [6.07, 6.45) is 0. The third-order valence-corrected chi connectivity index (χ3v) is 7.47. The number of thiazole rings is 1. The van der Waals surface area contributed by atoms with Crippen molar-refractivity contribution < 1.29 is 19.1 Å². The maximum absolute atomic E-state index is 13.5. The van der Waals surface area contributed by atoms with Crippen LogP contribution in [0.3, 0.4) is 0 Å². The van der Waals surface area contributed by atoms with Crippen molar-refractivity contribution >= 4 is 50.2 Å². The smallest absolute Gasteiger partial charge is 0.273 e. The van der Waals surface area contributed by atoms with Crippen molar-refractivity contribution in [1.29, 1.82) is 0 Å². The minimum atomic E-state index is -0.425. The number of benzene rings is 1. The number of morpholine rings is 1. The van der Waals surface area contributed by atoms with Crippen molar-refractivity contribution in [3.05, 3.63) is 40.5 Å². The molecule has 192 valence electrons. The molecule has 2 fully saturated rings. The van der Waals surface area contributed by atoms with E-state index < -0.39 is 5.54 Å². The summed E-state index contributed by atoms with van der Waals surface area (Å²) in [4.78, 5) is 33.1. The number of carbonyl (C=O) groups is 2. The van der Waals surface area contributed by atoms with Gasteiger partial charge in [0.15, 0.2) is 16.5 Å². The Morgan fingerprint density at radius 1 is 1.14 bits per heavy atom. The van der Waals surface area contributed by atoms with Crippen LogP contribution in [0, 0.1) is 0 Å². The maximum atomic E-state index is 13.5. The molecule has 0 unspecified atom stereocenters. The van der Waals surface area contributed by atoms with Crippen molar-refractivity contribution in [2.45, 2.75) is 38.4 Å². The number of rotatable bonds is 5. The second-order valence-electron chi connectivity index (χ2n) is 9.90. The number of nitrogens with zero attached hydrogens (tertiary/aromatic N) is 4. The molecule has 2 aliphatic heterocycles. The number of hydrogen-bond acceptors (Lipinski definition) is 8. The monoisotopic (exact) mass is 532 g/mol. The highest BCUT2D eigenvalue weighted by atomic mass is 35.5. The molecule has 0 radical (unpaired) electrons. The molecular formula is C24H29ClN6O4S. The number of amides is 2. The predicted octanol–water partition coefficient (Wildman–Crippen LogP) is 2.98. The van der Waals surface area contributed by atoms with Crippen LogP contribution in [0.2, 0.25) is 5.02 Å². The Bertz CT molecular complexity index is 1280. The van der Waals surface area contributed by atoms with Crippen LogP contribution in [0.15, 0.2) is 24.3 Å². The van der Waals surface area contributed by atoms with E-state index in [1.165, 1.54) is 11.3 Å². The lowest BCUT2D eigenvalue weighted by molar-refractivity contribution is 0.0108. The van der Waals surface area contributed by atoms with E-state index in [0.29, 0.717) is 52.5 Å². The molecule has 2 saturated heterocycles. The average Bonchev–Trinajstić information content (AvgIpc) is 3.54. The lowest BCUT2D eigenvalue weighted by Gasteiger charge is -2.34. The molecular weight excluding hydrogens is 504 g/mol. The first-order valence-corrected chi connectivity index (χ1v) is 13.1. The van der Waals surface area contributed by atoms with Gasteiger partial charge < -0.3 is 14.8 Å². The standard InChI is InChI=1S/C24H29ClN6O4S/c1-24(2,3)31-20-19(36-23(27-20)28-21(32)14-5-4-6-15(25)11-14)18(29-31)22(33)26-16-12-35-13-17(16)30-7-9-34-10-8-30/h4-6,11,16-17H,7-10,12-13H2,1-3H3,(H,26,33)(H,27,28,32)/t16-,17-/m1/s1. The molecule has 2 amide bonds. The number of halogens is 1. The SMILES string of the molecule is CC(C)(C)n1nc(C(=O)N[C@@H]2COC[C@H]2N2CCOCC2)c2sc(NC(=O)c3cccc(Cl)c3)nc21. The third kappa shape index (κ3) is 5.12. The lowest BCUT2D eigenvalue weighted by atomic mass is 10.1. The zero-order valence-electron chi connectivity index (χ0n) is 20.4. The van der Waals surface area contributed by atoms with Crippen molar-refractivity contribution in [1.82, 2.24) is 25.0 Å². The summed E-state index contributed by atoms with van der Waals surface area (Å²) < 4.78 is 13.5. The molecule has 12 heteroatoms. The van der Waals surface area contributed by atoms with Gasteiger partial charge in [-0.3, -0.25) is 19.8 Å². The molecule has 2 aliphatic rings. The molecule has 2 atom stereocenters. The van der Waals surface area contributed by atoms with Crippen molar-refractivity contribution in [3.63, 3.8) is 0 Å². The van der Waals surface area contributed by atoms with Gasteiger partial charge in [-0.25, -0.2) is 4.68 Å². The molecule has 0 spiro atoms. The van der Waals surface area contributed by atoms with Crippen molar-refractivity contribution in [3.8, 4) is 0 Å². The summed E-state index contributed by atoms with van der Waals surface area (Å²) >= 11 is 7.25. The zero-order valence-corrected chi connectivity index (χ0v) is 22.0. The predicted molar refractivity (Wildman–Crippen MR) is 138 cm³/mol. The Kier molecular flexibility index (Phi) is 7.01. The van der Waals surface area contributed by atoms with E-state index in [1.807, 2.05) is 20.8 Å².